The van der Waals surface area contributed by atoms with Crippen molar-refractivity contribution in [3.8, 4) is 0 Å². The maximum Gasteiger partial charge on any atom is 0.253 e. The average Bonchev–Trinajstić information content (AvgIpc) is 3.31. The van der Waals surface area contributed by atoms with Crippen molar-refractivity contribution in [1.82, 2.24) is 9.80 Å². The molecule has 13 nitrogen and oxygen atoms in total. The molecule has 0 radical (unpaired) electrons. The van der Waals surface area contributed by atoms with Crippen LogP contribution in [0.1, 0.15) is 26.2 Å². The van der Waals surface area contributed by atoms with Gasteiger partial charge in [0.05, 0.1) is 119 Å². The fourth-order valence-electron chi connectivity index (χ4n) is 4.02. The van der Waals surface area contributed by atoms with Gasteiger partial charge in [-0.2, -0.15) is 0 Å². The number of carbonyl (C=O) groups is 3. The van der Waals surface area contributed by atoms with E-state index in [0.29, 0.717) is 106 Å². The number of nitrogens with zero attached hydrogens (tertiary/aromatic N) is 2. The number of hydrogen-bond donors (Lipinski definition) is 0. The summed E-state index contributed by atoms with van der Waals surface area (Å²) < 4.78 is 43.5. The first-order chi connectivity index (χ1) is 20.6. The second-order valence-electron chi connectivity index (χ2n) is 9.87. The number of carbonyl (C=O) groups excluding carboxylic acids is 3. The van der Waals surface area contributed by atoms with E-state index in [9.17, 15) is 14.4 Å². The molecule has 3 amide bonds. The molecule has 2 aliphatic rings. The molecule has 242 valence electrons. The van der Waals surface area contributed by atoms with Gasteiger partial charge in [-0.1, -0.05) is 6.92 Å². The molecule has 1 saturated heterocycles. The Kier molecular flexibility index (Phi) is 21.1. The Bertz CT molecular complexity index is 742. The monoisotopic (exact) mass is 602 g/mol. The van der Waals surface area contributed by atoms with E-state index in [1.807, 2.05) is 4.90 Å². The normalized spacial score (nSPS) is 15.8. The summed E-state index contributed by atoms with van der Waals surface area (Å²) in [7, 11) is 0. The van der Waals surface area contributed by atoms with Crippen molar-refractivity contribution in [3.63, 3.8) is 0 Å². The topological polar surface area (TPSA) is 132 Å². The van der Waals surface area contributed by atoms with Crippen LogP contribution in [-0.2, 0) is 52.3 Å². The van der Waals surface area contributed by atoms with E-state index in [0.717, 1.165) is 36.7 Å². The Hall–Kier alpha value is -1.97. The van der Waals surface area contributed by atoms with Gasteiger partial charge >= 0.3 is 0 Å². The third-order valence-electron chi connectivity index (χ3n) is 6.56. The molecule has 0 aromatic rings. The molecular formula is C29H50N2O11. The Morgan fingerprint density at radius 2 is 0.929 bits per heavy atom. The number of imide groups is 1. The van der Waals surface area contributed by atoms with Crippen LogP contribution < -0.4 is 0 Å². The number of likely N-dealkylation sites (tertiary alicyclic amines) is 1. The minimum absolute atomic E-state index is 0.182. The van der Waals surface area contributed by atoms with Crippen LogP contribution >= 0.6 is 0 Å². The fourth-order valence-corrected chi connectivity index (χ4v) is 4.02. The predicted molar refractivity (Wildman–Crippen MR) is 152 cm³/mol. The highest BCUT2D eigenvalue weighted by molar-refractivity contribution is 6.12. The van der Waals surface area contributed by atoms with Crippen LogP contribution in [-0.4, -0.2) is 153 Å². The first-order valence-corrected chi connectivity index (χ1v) is 15.0. The first-order valence-electron chi connectivity index (χ1n) is 15.0. The van der Waals surface area contributed by atoms with Crippen molar-refractivity contribution < 1.29 is 52.3 Å². The molecule has 0 unspecified atom stereocenters. The summed E-state index contributed by atoms with van der Waals surface area (Å²) in [6, 6.07) is 0. The molecule has 0 aliphatic carbocycles. The van der Waals surface area contributed by atoms with E-state index >= 15 is 0 Å². The van der Waals surface area contributed by atoms with Gasteiger partial charge in [-0.15, -0.1) is 0 Å². The largest absolute Gasteiger partial charge is 0.379 e. The van der Waals surface area contributed by atoms with Crippen molar-refractivity contribution >= 4 is 17.7 Å². The van der Waals surface area contributed by atoms with Crippen LogP contribution in [0.3, 0.4) is 0 Å². The minimum atomic E-state index is -0.306. The zero-order valence-electron chi connectivity index (χ0n) is 25.2. The zero-order valence-corrected chi connectivity index (χ0v) is 25.2. The third kappa shape index (κ3) is 17.9. The van der Waals surface area contributed by atoms with Crippen LogP contribution in [0, 0.1) is 5.92 Å². The lowest BCUT2D eigenvalue weighted by molar-refractivity contribution is -0.138. The van der Waals surface area contributed by atoms with E-state index < -0.39 is 0 Å². The van der Waals surface area contributed by atoms with Gasteiger partial charge in [-0.05, 0) is 18.8 Å². The molecule has 2 rings (SSSR count). The Balaban J connectivity index is 1.18. The standard InChI is InChI=1S/C29H50N2O11/c1-26-4-7-30(8-5-26)27(32)6-10-35-12-14-37-16-18-39-20-22-41-24-25-42-23-21-40-19-17-38-15-13-36-11-9-31-28(33)2-3-29(31)34/h2-3,26H,4-25H2,1H3. The van der Waals surface area contributed by atoms with Crippen LogP contribution in [0.4, 0.5) is 0 Å². The van der Waals surface area contributed by atoms with E-state index in [1.54, 1.807) is 0 Å². The van der Waals surface area contributed by atoms with Crippen LogP contribution in [0.15, 0.2) is 12.2 Å². The highest BCUT2D eigenvalue weighted by Gasteiger charge is 2.22. The molecule has 13 heteroatoms. The molecule has 2 heterocycles. The SMILES string of the molecule is CC1CCN(C(=O)CCOCCOCCOCCOCCOCCOCCOCCOCCN2C(=O)C=CC2=O)CC1. The summed E-state index contributed by atoms with van der Waals surface area (Å²) in [5.41, 5.74) is 0. The van der Waals surface area contributed by atoms with Gasteiger partial charge in [0, 0.05) is 25.2 Å². The maximum atomic E-state index is 12.1. The van der Waals surface area contributed by atoms with E-state index in [1.165, 1.54) is 12.2 Å². The molecule has 0 N–H and O–H groups in total. The predicted octanol–water partition coefficient (Wildman–Crippen LogP) is 0.693. The highest BCUT2D eigenvalue weighted by atomic mass is 16.6. The summed E-state index contributed by atoms with van der Waals surface area (Å²) in [5, 5.41) is 0. The molecule has 42 heavy (non-hydrogen) atoms. The number of rotatable bonds is 27. The summed E-state index contributed by atoms with van der Waals surface area (Å²) in [5.74, 6) is 0.288. The Morgan fingerprint density at radius 1 is 0.595 bits per heavy atom. The van der Waals surface area contributed by atoms with Gasteiger partial charge < -0.3 is 42.8 Å². The van der Waals surface area contributed by atoms with Crippen molar-refractivity contribution in [2.45, 2.75) is 26.2 Å². The van der Waals surface area contributed by atoms with Gasteiger partial charge in [-0.25, -0.2) is 0 Å². The molecule has 0 saturated carbocycles. The Labute approximate surface area is 249 Å². The number of ether oxygens (including phenoxy) is 8. The van der Waals surface area contributed by atoms with Gasteiger partial charge in [0.2, 0.25) is 5.91 Å². The summed E-state index contributed by atoms with van der Waals surface area (Å²) in [6.45, 7) is 11.4. The van der Waals surface area contributed by atoms with Crippen molar-refractivity contribution in [1.29, 1.82) is 0 Å². The molecule has 0 bridgehead atoms. The van der Waals surface area contributed by atoms with Gasteiger partial charge in [0.25, 0.3) is 11.8 Å². The quantitative estimate of drug-likeness (QED) is 0.0972. The number of hydrogen-bond acceptors (Lipinski definition) is 11. The first kappa shape index (κ1) is 36.2. The fraction of sp³-hybridized carbons (Fsp3) is 0.828. The molecule has 0 aromatic carbocycles. The molecule has 0 spiro atoms. The third-order valence-corrected chi connectivity index (χ3v) is 6.56. The van der Waals surface area contributed by atoms with Crippen molar-refractivity contribution in [2.75, 3.05) is 125 Å². The second kappa shape index (κ2) is 24.5. The number of amides is 3. The van der Waals surface area contributed by atoms with Crippen molar-refractivity contribution in [3.05, 3.63) is 12.2 Å². The van der Waals surface area contributed by atoms with Crippen LogP contribution in [0.2, 0.25) is 0 Å². The average molecular weight is 603 g/mol. The molecule has 0 aromatic heterocycles. The van der Waals surface area contributed by atoms with Crippen LogP contribution in [0.25, 0.3) is 0 Å². The van der Waals surface area contributed by atoms with Crippen LogP contribution in [0.5, 0.6) is 0 Å². The summed E-state index contributed by atoms with van der Waals surface area (Å²) in [6.07, 6.45) is 5.13. The second-order valence-corrected chi connectivity index (χ2v) is 9.87. The summed E-state index contributed by atoms with van der Waals surface area (Å²) in [4.78, 5) is 38.0. The van der Waals surface area contributed by atoms with E-state index in [-0.39, 0.29) is 30.9 Å². The molecular weight excluding hydrogens is 552 g/mol. The molecule has 0 atom stereocenters. The van der Waals surface area contributed by atoms with Crippen molar-refractivity contribution in [2.24, 2.45) is 5.92 Å². The highest BCUT2D eigenvalue weighted by Crippen LogP contribution is 2.16. The van der Waals surface area contributed by atoms with Gasteiger partial charge in [-0.3, -0.25) is 19.3 Å². The maximum absolute atomic E-state index is 12.1. The lowest BCUT2D eigenvalue weighted by Gasteiger charge is -2.30. The van der Waals surface area contributed by atoms with Gasteiger partial charge in [0.15, 0.2) is 0 Å². The zero-order chi connectivity index (χ0) is 30.1. The Morgan fingerprint density at radius 3 is 1.31 bits per heavy atom. The smallest absolute Gasteiger partial charge is 0.253 e. The lowest BCUT2D eigenvalue weighted by atomic mass is 9.99. The minimum Gasteiger partial charge on any atom is -0.379 e. The number of piperidine rings is 1. The molecule has 1 fully saturated rings. The molecule has 2 aliphatic heterocycles. The van der Waals surface area contributed by atoms with E-state index in [2.05, 4.69) is 6.92 Å². The van der Waals surface area contributed by atoms with Gasteiger partial charge in [0.1, 0.15) is 0 Å². The summed E-state index contributed by atoms with van der Waals surface area (Å²) >= 11 is 0. The lowest BCUT2D eigenvalue weighted by Crippen LogP contribution is -2.38. The van der Waals surface area contributed by atoms with E-state index in [4.69, 9.17) is 37.9 Å².